The molecule has 0 aliphatic carbocycles. The average molecular weight is 429 g/mol. The van der Waals surface area contributed by atoms with E-state index in [-0.39, 0.29) is 5.91 Å². The third-order valence-electron chi connectivity index (χ3n) is 3.46. The van der Waals surface area contributed by atoms with Crippen LogP contribution >= 0.6 is 22.6 Å². The Labute approximate surface area is 154 Å². The highest BCUT2D eigenvalue weighted by atomic mass is 127. The molecule has 0 aromatic heterocycles. The molecule has 0 spiro atoms. The molecule has 24 heavy (non-hydrogen) atoms. The Morgan fingerprint density at radius 1 is 0.917 bits per heavy atom. The van der Waals surface area contributed by atoms with E-state index in [0.29, 0.717) is 17.9 Å². The van der Waals surface area contributed by atoms with Gasteiger partial charge in [0.2, 0.25) is 0 Å². The Kier molecular flexibility index (Phi) is 5.48. The first-order valence-electron chi connectivity index (χ1n) is 7.55. The molecular weight excluding hydrogens is 413 g/mol. The summed E-state index contributed by atoms with van der Waals surface area (Å²) in [6.07, 6.45) is 0. The molecule has 0 heterocycles. The maximum Gasteiger partial charge on any atom is 0.256 e. The highest BCUT2D eigenvalue weighted by molar-refractivity contribution is 14.1. The molecule has 3 aromatic carbocycles. The van der Waals surface area contributed by atoms with Gasteiger partial charge in [0.05, 0.1) is 5.56 Å². The zero-order chi connectivity index (χ0) is 16.8. The van der Waals surface area contributed by atoms with E-state index in [0.717, 1.165) is 14.9 Å². The number of benzene rings is 3. The number of hydrogen-bond acceptors (Lipinski definition) is 2. The van der Waals surface area contributed by atoms with Crippen LogP contribution in [-0.4, -0.2) is 5.91 Å². The number of ether oxygens (including phenoxy) is 1. The summed E-state index contributed by atoms with van der Waals surface area (Å²) in [5.74, 6) is 0.597. The molecule has 0 bridgehead atoms. The van der Waals surface area contributed by atoms with Gasteiger partial charge in [-0.15, -0.1) is 0 Å². The molecule has 1 amide bonds. The normalized spacial score (nSPS) is 10.2. The molecule has 0 atom stereocenters. The van der Waals surface area contributed by atoms with E-state index in [1.54, 1.807) is 0 Å². The monoisotopic (exact) mass is 429 g/mol. The zero-order valence-corrected chi connectivity index (χ0v) is 15.1. The van der Waals surface area contributed by atoms with Crippen LogP contribution in [0.1, 0.15) is 15.9 Å². The topological polar surface area (TPSA) is 38.3 Å². The van der Waals surface area contributed by atoms with Crippen molar-refractivity contribution in [3.8, 4) is 5.75 Å². The minimum Gasteiger partial charge on any atom is -0.489 e. The molecule has 0 fully saturated rings. The van der Waals surface area contributed by atoms with Gasteiger partial charge in [-0.05, 0) is 52.4 Å². The summed E-state index contributed by atoms with van der Waals surface area (Å²) in [4.78, 5) is 12.4. The lowest BCUT2D eigenvalue weighted by Crippen LogP contribution is -2.13. The average Bonchev–Trinajstić information content (AvgIpc) is 2.61. The zero-order valence-electron chi connectivity index (χ0n) is 12.9. The number of nitrogens with one attached hydrogen (secondary N) is 1. The number of amides is 1. The second-order valence-corrected chi connectivity index (χ2v) is 6.40. The van der Waals surface area contributed by atoms with Crippen molar-refractivity contribution in [1.82, 2.24) is 0 Å². The number of anilines is 1. The second-order valence-electron chi connectivity index (χ2n) is 5.24. The van der Waals surface area contributed by atoms with Gasteiger partial charge in [-0.3, -0.25) is 4.79 Å². The predicted molar refractivity (Wildman–Crippen MR) is 104 cm³/mol. The smallest absolute Gasteiger partial charge is 0.256 e. The van der Waals surface area contributed by atoms with Crippen LogP contribution in [0.25, 0.3) is 0 Å². The Morgan fingerprint density at radius 2 is 1.67 bits per heavy atom. The molecule has 120 valence electrons. The molecule has 0 aliphatic rings. The van der Waals surface area contributed by atoms with Crippen LogP contribution in [0.2, 0.25) is 0 Å². The molecule has 3 nitrogen and oxygen atoms in total. The molecule has 0 saturated carbocycles. The fourth-order valence-electron chi connectivity index (χ4n) is 2.25. The Bertz CT molecular complexity index is 834. The maximum absolute atomic E-state index is 12.4. The SMILES string of the molecule is O=C(Nc1cccc(OCc2ccccc2)c1)c1ccccc1I. The molecule has 0 radical (unpaired) electrons. The van der Waals surface area contributed by atoms with Gasteiger partial charge in [0, 0.05) is 15.3 Å². The lowest BCUT2D eigenvalue weighted by molar-refractivity contribution is 0.102. The number of halogens is 1. The minimum atomic E-state index is -0.125. The molecular formula is C20H16INO2. The third kappa shape index (κ3) is 4.35. The van der Waals surface area contributed by atoms with Crippen molar-refractivity contribution in [2.45, 2.75) is 6.61 Å². The van der Waals surface area contributed by atoms with E-state index >= 15 is 0 Å². The Morgan fingerprint density at radius 3 is 2.46 bits per heavy atom. The van der Waals surface area contributed by atoms with Crippen LogP contribution in [0, 0.1) is 3.57 Å². The van der Waals surface area contributed by atoms with Gasteiger partial charge in [0.1, 0.15) is 12.4 Å². The van der Waals surface area contributed by atoms with Crippen LogP contribution in [0.15, 0.2) is 78.9 Å². The lowest BCUT2D eigenvalue weighted by Gasteiger charge is -2.10. The minimum absolute atomic E-state index is 0.125. The standard InChI is InChI=1S/C20H16INO2/c21-19-12-5-4-11-18(19)20(23)22-16-9-6-10-17(13-16)24-14-15-7-2-1-3-8-15/h1-13H,14H2,(H,22,23). The summed E-state index contributed by atoms with van der Waals surface area (Å²) < 4.78 is 6.71. The summed E-state index contributed by atoms with van der Waals surface area (Å²) in [6.45, 7) is 0.495. The largest absolute Gasteiger partial charge is 0.489 e. The van der Waals surface area contributed by atoms with Crippen molar-refractivity contribution in [3.63, 3.8) is 0 Å². The Hall–Kier alpha value is -2.34. The lowest BCUT2D eigenvalue weighted by atomic mass is 10.2. The maximum atomic E-state index is 12.4. The third-order valence-corrected chi connectivity index (χ3v) is 4.40. The molecule has 0 unspecified atom stereocenters. The molecule has 0 aliphatic heterocycles. The van der Waals surface area contributed by atoms with Gasteiger partial charge in [-0.1, -0.05) is 48.5 Å². The summed E-state index contributed by atoms with van der Waals surface area (Å²) >= 11 is 2.16. The summed E-state index contributed by atoms with van der Waals surface area (Å²) in [5.41, 5.74) is 2.48. The van der Waals surface area contributed by atoms with Crippen molar-refractivity contribution in [3.05, 3.63) is 93.6 Å². The van der Waals surface area contributed by atoms with Gasteiger partial charge in [0.25, 0.3) is 5.91 Å². The first-order valence-corrected chi connectivity index (χ1v) is 8.63. The van der Waals surface area contributed by atoms with E-state index in [2.05, 4.69) is 27.9 Å². The highest BCUT2D eigenvalue weighted by Crippen LogP contribution is 2.20. The fourth-order valence-corrected chi connectivity index (χ4v) is 2.88. The molecule has 4 heteroatoms. The van der Waals surface area contributed by atoms with E-state index in [4.69, 9.17) is 4.74 Å². The van der Waals surface area contributed by atoms with Crippen LogP contribution in [0.3, 0.4) is 0 Å². The van der Waals surface area contributed by atoms with Crippen molar-refractivity contribution in [2.75, 3.05) is 5.32 Å². The first kappa shape index (κ1) is 16.5. The first-order chi connectivity index (χ1) is 11.7. The quantitative estimate of drug-likeness (QED) is 0.572. The van der Waals surface area contributed by atoms with Gasteiger partial charge >= 0.3 is 0 Å². The van der Waals surface area contributed by atoms with Gasteiger partial charge in [0.15, 0.2) is 0 Å². The number of hydrogen-bond donors (Lipinski definition) is 1. The summed E-state index contributed by atoms with van der Waals surface area (Å²) in [7, 11) is 0. The fraction of sp³-hybridized carbons (Fsp3) is 0.0500. The van der Waals surface area contributed by atoms with Crippen LogP contribution in [0.4, 0.5) is 5.69 Å². The summed E-state index contributed by atoms with van der Waals surface area (Å²) in [5, 5.41) is 2.91. The Balaban J connectivity index is 1.67. The van der Waals surface area contributed by atoms with E-state index in [1.165, 1.54) is 0 Å². The van der Waals surface area contributed by atoms with Crippen LogP contribution in [0.5, 0.6) is 5.75 Å². The van der Waals surface area contributed by atoms with Crippen molar-refractivity contribution in [1.29, 1.82) is 0 Å². The van der Waals surface area contributed by atoms with E-state index < -0.39 is 0 Å². The van der Waals surface area contributed by atoms with Gasteiger partial charge in [-0.25, -0.2) is 0 Å². The molecule has 1 N–H and O–H groups in total. The highest BCUT2D eigenvalue weighted by Gasteiger charge is 2.09. The number of carbonyl (C=O) groups is 1. The predicted octanol–water partition coefficient (Wildman–Crippen LogP) is 5.12. The van der Waals surface area contributed by atoms with Crippen molar-refractivity contribution >= 4 is 34.2 Å². The van der Waals surface area contributed by atoms with E-state index in [9.17, 15) is 4.79 Å². The van der Waals surface area contributed by atoms with Crippen LogP contribution in [-0.2, 0) is 6.61 Å². The molecule has 3 aromatic rings. The number of carbonyl (C=O) groups excluding carboxylic acids is 1. The van der Waals surface area contributed by atoms with Gasteiger partial charge < -0.3 is 10.1 Å². The van der Waals surface area contributed by atoms with Gasteiger partial charge in [-0.2, -0.15) is 0 Å². The molecule has 0 saturated heterocycles. The molecule has 3 rings (SSSR count). The van der Waals surface area contributed by atoms with Crippen molar-refractivity contribution in [2.24, 2.45) is 0 Å². The number of rotatable bonds is 5. The van der Waals surface area contributed by atoms with Crippen molar-refractivity contribution < 1.29 is 9.53 Å². The van der Waals surface area contributed by atoms with Crippen LogP contribution < -0.4 is 10.1 Å². The summed E-state index contributed by atoms with van der Waals surface area (Å²) in [6, 6.07) is 24.9. The van der Waals surface area contributed by atoms with E-state index in [1.807, 2.05) is 78.9 Å². The second kappa shape index (κ2) is 7.97.